The van der Waals surface area contributed by atoms with Crippen LogP contribution >= 0.6 is 0 Å². The third-order valence-corrected chi connectivity index (χ3v) is 2.55. The Morgan fingerprint density at radius 2 is 2.33 bits per heavy atom. The van der Waals surface area contributed by atoms with Gasteiger partial charge in [-0.15, -0.1) is 0 Å². The van der Waals surface area contributed by atoms with Gasteiger partial charge in [0, 0.05) is 25.5 Å². The fourth-order valence-corrected chi connectivity index (χ4v) is 1.45. The molecule has 4 heteroatoms. The van der Waals surface area contributed by atoms with Crippen molar-refractivity contribution in [2.75, 3.05) is 7.11 Å². The molecule has 0 fully saturated rings. The van der Waals surface area contributed by atoms with Crippen LogP contribution in [0.4, 0.5) is 0 Å². The second-order valence-electron chi connectivity index (χ2n) is 3.63. The summed E-state index contributed by atoms with van der Waals surface area (Å²) in [6.07, 6.45) is 5.77. The smallest absolute Gasteiger partial charge is 0.0543 e. The molecule has 15 heavy (non-hydrogen) atoms. The number of ether oxygens (including phenoxy) is 1. The highest BCUT2D eigenvalue weighted by molar-refractivity contribution is 5.13. The largest absolute Gasteiger partial charge is 0.382 e. The molecule has 0 aliphatic heterocycles. The number of pyridine rings is 1. The fraction of sp³-hybridized carbons (Fsp3) is 0.545. The van der Waals surface area contributed by atoms with Crippen molar-refractivity contribution in [3.63, 3.8) is 0 Å². The van der Waals surface area contributed by atoms with E-state index in [9.17, 15) is 0 Å². The summed E-state index contributed by atoms with van der Waals surface area (Å²) in [6.45, 7) is 2.05. The lowest BCUT2D eigenvalue weighted by atomic mass is 10.0. The van der Waals surface area contributed by atoms with Crippen molar-refractivity contribution in [2.45, 2.75) is 31.9 Å². The molecule has 0 amide bonds. The SMILES string of the molecule is COC(C)CCC(NN)c1cccnc1. The molecule has 0 bridgehead atoms. The number of methoxy groups -OCH3 is 1. The van der Waals surface area contributed by atoms with Crippen molar-refractivity contribution in [2.24, 2.45) is 5.84 Å². The van der Waals surface area contributed by atoms with Gasteiger partial charge in [-0.1, -0.05) is 6.07 Å². The van der Waals surface area contributed by atoms with Crippen LogP contribution in [0.5, 0.6) is 0 Å². The molecule has 1 rings (SSSR count). The lowest BCUT2D eigenvalue weighted by Gasteiger charge is -2.17. The molecule has 0 spiro atoms. The minimum absolute atomic E-state index is 0.149. The molecule has 0 saturated heterocycles. The van der Waals surface area contributed by atoms with Crippen LogP contribution < -0.4 is 11.3 Å². The fourth-order valence-electron chi connectivity index (χ4n) is 1.45. The predicted octanol–water partition coefficient (Wildman–Crippen LogP) is 1.40. The number of hydrogen-bond acceptors (Lipinski definition) is 4. The van der Waals surface area contributed by atoms with Crippen LogP contribution in [0.1, 0.15) is 31.4 Å². The summed E-state index contributed by atoms with van der Waals surface area (Å²) in [5.74, 6) is 5.51. The van der Waals surface area contributed by atoms with Gasteiger partial charge in [-0.05, 0) is 31.4 Å². The van der Waals surface area contributed by atoms with E-state index in [1.165, 1.54) is 0 Å². The number of nitrogens with zero attached hydrogens (tertiary/aromatic N) is 1. The van der Waals surface area contributed by atoms with E-state index in [1.54, 1.807) is 13.3 Å². The van der Waals surface area contributed by atoms with Gasteiger partial charge in [-0.3, -0.25) is 16.3 Å². The summed E-state index contributed by atoms with van der Waals surface area (Å²) in [5, 5.41) is 0. The van der Waals surface area contributed by atoms with Crippen molar-refractivity contribution in [3.05, 3.63) is 30.1 Å². The first-order valence-electron chi connectivity index (χ1n) is 5.16. The minimum atomic E-state index is 0.149. The number of rotatable bonds is 6. The second kappa shape index (κ2) is 6.50. The molecule has 1 heterocycles. The lowest BCUT2D eigenvalue weighted by Crippen LogP contribution is -2.28. The van der Waals surface area contributed by atoms with E-state index in [0.29, 0.717) is 0 Å². The van der Waals surface area contributed by atoms with E-state index in [1.807, 2.05) is 18.3 Å². The first-order valence-corrected chi connectivity index (χ1v) is 5.16. The molecule has 3 N–H and O–H groups in total. The number of hydrazine groups is 1. The number of hydrogen-bond donors (Lipinski definition) is 2. The Bertz CT molecular complexity index is 266. The van der Waals surface area contributed by atoms with Gasteiger partial charge < -0.3 is 4.74 Å². The van der Waals surface area contributed by atoms with Gasteiger partial charge in [0.1, 0.15) is 0 Å². The quantitative estimate of drug-likeness (QED) is 0.549. The van der Waals surface area contributed by atoms with Crippen LogP contribution in [0.25, 0.3) is 0 Å². The summed E-state index contributed by atoms with van der Waals surface area (Å²) in [4.78, 5) is 4.07. The van der Waals surface area contributed by atoms with Crippen LogP contribution in [0.2, 0.25) is 0 Å². The molecule has 2 unspecified atom stereocenters. The zero-order valence-electron chi connectivity index (χ0n) is 9.31. The van der Waals surface area contributed by atoms with Gasteiger partial charge in [-0.25, -0.2) is 0 Å². The Kier molecular flexibility index (Phi) is 5.25. The van der Waals surface area contributed by atoms with Crippen molar-refractivity contribution in [1.29, 1.82) is 0 Å². The molecule has 1 aromatic heterocycles. The van der Waals surface area contributed by atoms with Crippen molar-refractivity contribution < 1.29 is 4.74 Å². The van der Waals surface area contributed by atoms with E-state index in [4.69, 9.17) is 10.6 Å². The first-order chi connectivity index (χ1) is 7.27. The number of aromatic nitrogens is 1. The average Bonchev–Trinajstić information content (AvgIpc) is 2.31. The molecule has 0 aliphatic rings. The van der Waals surface area contributed by atoms with Gasteiger partial charge in [0.2, 0.25) is 0 Å². The minimum Gasteiger partial charge on any atom is -0.382 e. The van der Waals surface area contributed by atoms with Crippen LogP contribution in [0, 0.1) is 0 Å². The Morgan fingerprint density at radius 1 is 1.53 bits per heavy atom. The normalized spacial score (nSPS) is 14.9. The number of nitrogens with two attached hydrogens (primary N) is 1. The standard InChI is InChI=1S/C11H19N3O/c1-9(15-2)5-6-11(14-12)10-4-3-7-13-8-10/h3-4,7-9,11,14H,5-6,12H2,1-2H3. The molecular formula is C11H19N3O. The van der Waals surface area contributed by atoms with E-state index in [-0.39, 0.29) is 12.1 Å². The highest BCUT2D eigenvalue weighted by Crippen LogP contribution is 2.17. The highest BCUT2D eigenvalue weighted by atomic mass is 16.5. The second-order valence-corrected chi connectivity index (χ2v) is 3.63. The van der Waals surface area contributed by atoms with Gasteiger partial charge in [-0.2, -0.15) is 0 Å². The van der Waals surface area contributed by atoms with Crippen LogP contribution in [-0.4, -0.2) is 18.2 Å². The molecule has 0 aromatic carbocycles. The summed E-state index contributed by atoms with van der Waals surface area (Å²) in [7, 11) is 1.72. The molecule has 0 radical (unpaired) electrons. The third kappa shape index (κ3) is 3.95. The van der Waals surface area contributed by atoms with Gasteiger partial charge >= 0.3 is 0 Å². The topological polar surface area (TPSA) is 60.2 Å². The number of nitrogens with one attached hydrogen (secondary N) is 1. The van der Waals surface area contributed by atoms with Crippen LogP contribution in [0.15, 0.2) is 24.5 Å². The van der Waals surface area contributed by atoms with Gasteiger partial charge in [0.25, 0.3) is 0 Å². The average molecular weight is 209 g/mol. The van der Waals surface area contributed by atoms with E-state index in [0.717, 1.165) is 18.4 Å². The molecular weight excluding hydrogens is 190 g/mol. The molecule has 0 saturated carbocycles. The van der Waals surface area contributed by atoms with E-state index >= 15 is 0 Å². The van der Waals surface area contributed by atoms with Gasteiger partial charge in [0.05, 0.1) is 6.10 Å². The zero-order valence-corrected chi connectivity index (χ0v) is 9.31. The monoisotopic (exact) mass is 209 g/mol. The van der Waals surface area contributed by atoms with Gasteiger partial charge in [0.15, 0.2) is 0 Å². The Labute approximate surface area is 90.8 Å². The summed E-state index contributed by atoms with van der Waals surface area (Å²) in [6, 6.07) is 4.09. The van der Waals surface area contributed by atoms with Crippen molar-refractivity contribution in [1.82, 2.24) is 10.4 Å². The van der Waals surface area contributed by atoms with E-state index in [2.05, 4.69) is 17.3 Å². The lowest BCUT2D eigenvalue weighted by molar-refractivity contribution is 0.106. The molecule has 4 nitrogen and oxygen atoms in total. The predicted molar refractivity (Wildman–Crippen MR) is 60.0 cm³/mol. The Morgan fingerprint density at radius 3 is 2.87 bits per heavy atom. The zero-order chi connectivity index (χ0) is 11.1. The van der Waals surface area contributed by atoms with E-state index < -0.39 is 0 Å². The maximum atomic E-state index is 5.51. The first kappa shape index (κ1) is 12.1. The molecule has 84 valence electrons. The maximum Gasteiger partial charge on any atom is 0.0543 e. The molecule has 0 aliphatic carbocycles. The summed E-state index contributed by atoms with van der Waals surface area (Å²) < 4.78 is 5.20. The Balaban J connectivity index is 2.50. The highest BCUT2D eigenvalue weighted by Gasteiger charge is 2.11. The molecule has 2 atom stereocenters. The van der Waals surface area contributed by atoms with Crippen molar-refractivity contribution >= 4 is 0 Å². The van der Waals surface area contributed by atoms with Crippen molar-refractivity contribution in [3.8, 4) is 0 Å². The summed E-state index contributed by atoms with van der Waals surface area (Å²) in [5.41, 5.74) is 3.92. The summed E-state index contributed by atoms with van der Waals surface area (Å²) >= 11 is 0. The third-order valence-electron chi connectivity index (χ3n) is 2.55. The Hall–Kier alpha value is -0.970. The van der Waals surface area contributed by atoms with Crippen LogP contribution in [0.3, 0.4) is 0 Å². The maximum absolute atomic E-state index is 5.51. The van der Waals surface area contributed by atoms with Crippen LogP contribution in [-0.2, 0) is 4.74 Å². The molecule has 1 aromatic rings.